The second-order valence-electron chi connectivity index (χ2n) is 6.63. The molecule has 0 bridgehead atoms. The third-order valence-corrected chi connectivity index (χ3v) is 5.31. The first kappa shape index (κ1) is 12.0. The van der Waals surface area contributed by atoms with E-state index in [1.54, 1.807) is 0 Å². The molecule has 0 aromatic rings. The first-order valence-electron chi connectivity index (χ1n) is 7.81. The smallest absolute Gasteiger partial charge is 0.0111 e. The number of rotatable bonds is 5. The van der Waals surface area contributed by atoms with Gasteiger partial charge in [0.2, 0.25) is 0 Å². The van der Waals surface area contributed by atoms with Crippen LogP contribution in [-0.2, 0) is 0 Å². The molecule has 1 aliphatic heterocycles. The predicted octanol–water partition coefficient (Wildman–Crippen LogP) is 2.54. The third kappa shape index (κ3) is 2.85. The molecule has 4 unspecified atom stereocenters. The number of hydrogen-bond donors (Lipinski definition) is 2. The molecule has 0 spiro atoms. The van der Waals surface area contributed by atoms with Gasteiger partial charge in [0.05, 0.1) is 0 Å². The average molecular weight is 236 g/mol. The van der Waals surface area contributed by atoms with Crippen LogP contribution < -0.4 is 10.6 Å². The summed E-state index contributed by atoms with van der Waals surface area (Å²) >= 11 is 0. The SMILES string of the molecule is CC(CNC1CCCC1C1CCCN1)C1CC1. The number of hydrogen-bond acceptors (Lipinski definition) is 2. The van der Waals surface area contributed by atoms with Gasteiger partial charge >= 0.3 is 0 Å². The summed E-state index contributed by atoms with van der Waals surface area (Å²) in [5, 5.41) is 7.60. The standard InChI is InChI=1S/C15H28N2/c1-11(12-7-8-12)10-17-15-5-2-4-13(15)14-6-3-9-16-14/h11-17H,2-10H2,1H3. The maximum absolute atomic E-state index is 3.89. The van der Waals surface area contributed by atoms with Crippen molar-refractivity contribution in [3.05, 3.63) is 0 Å². The fourth-order valence-electron chi connectivity index (χ4n) is 3.97. The Morgan fingerprint density at radius 2 is 2.00 bits per heavy atom. The third-order valence-electron chi connectivity index (χ3n) is 5.31. The van der Waals surface area contributed by atoms with E-state index in [-0.39, 0.29) is 0 Å². The topological polar surface area (TPSA) is 24.1 Å². The molecule has 0 radical (unpaired) electrons. The van der Waals surface area contributed by atoms with E-state index in [2.05, 4.69) is 17.6 Å². The van der Waals surface area contributed by atoms with Crippen molar-refractivity contribution in [1.29, 1.82) is 0 Å². The van der Waals surface area contributed by atoms with Gasteiger partial charge < -0.3 is 10.6 Å². The lowest BCUT2D eigenvalue weighted by molar-refractivity contribution is 0.304. The molecule has 1 saturated heterocycles. The van der Waals surface area contributed by atoms with Gasteiger partial charge in [-0.25, -0.2) is 0 Å². The summed E-state index contributed by atoms with van der Waals surface area (Å²) in [7, 11) is 0. The second-order valence-corrected chi connectivity index (χ2v) is 6.63. The second kappa shape index (κ2) is 5.27. The maximum Gasteiger partial charge on any atom is 0.0111 e. The van der Waals surface area contributed by atoms with Crippen LogP contribution in [0.25, 0.3) is 0 Å². The lowest BCUT2D eigenvalue weighted by Crippen LogP contribution is -2.43. The average Bonchev–Trinajstić information content (AvgIpc) is 2.88. The normalized spacial score (nSPS) is 39.7. The first-order valence-corrected chi connectivity index (χ1v) is 7.81. The van der Waals surface area contributed by atoms with Crippen LogP contribution in [0.5, 0.6) is 0 Å². The van der Waals surface area contributed by atoms with Crippen molar-refractivity contribution in [2.75, 3.05) is 13.1 Å². The lowest BCUT2D eigenvalue weighted by atomic mass is 9.92. The van der Waals surface area contributed by atoms with Crippen molar-refractivity contribution in [1.82, 2.24) is 10.6 Å². The zero-order chi connectivity index (χ0) is 11.7. The van der Waals surface area contributed by atoms with E-state index in [9.17, 15) is 0 Å². The molecule has 4 atom stereocenters. The molecule has 3 fully saturated rings. The predicted molar refractivity (Wildman–Crippen MR) is 72.0 cm³/mol. The summed E-state index contributed by atoms with van der Waals surface area (Å²) in [6.07, 6.45) is 10.1. The molecular formula is C15H28N2. The molecule has 3 rings (SSSR count). The van der Waals surface area contributed by atoms with Crippen LogP contribution in [0, 0.1) is 17.8 Å². The van der Waals surface area contributed by atoms with Crippen LogP contribution in [0.15, 0.2) is 0 Å². The monoisotopic (exact) mass is 236 g/mol. The van der Waals surface area contributed by atoms with E-state index < -0.39 is 0 Å². The van der Waals surface area contributed by atoms with Crippen LogP contribution >= 0.6 is 0 Å². The summed E-state index contributed by atoms with van der Waals surface area (Å²) in [6.45, 7) is 4.95. The molecule has 0 aromatic carbocycles. The van der Waals surface area contributed by atoms with Gasteiger partial charge in [0.15, 0.2) is 0 Å². The van der Waals surface area contributed by atoms with Crippen LogP contribution in [0.4, 0.5) is 0 Å². The highest BCUT2D eigenvalue weighted by Gasteiger charge is 2.35. The molecule has 98 valence electrons. The first-order chi connectivity index (χ1) is 8.34. The fraction of sp³-hybridized carbons (Fsp3) is 1.00. The summed E-state index contributed by atoms with van der Waals surface area (Å²) in [5.74, 6) is 2.88. The zero-order valence-corrected chi connectivity index (χ0v) is 11.3. The van der Waals surface area contributed by atoms with E-state index in [1.165, 1.54) is 58.0 Å². The summed E-state index contributed by atoms with van der Waals surface area (Å²) < 4.78 is 0. The van der Waals surface area contributed by atoms with Gasteiger partial charge in [-0.15, -0.1) is 0 Å². The Labute approximate surface area is 106 Å². The van der Waals surface area contributed by atoms with Crippen molar-refractivity contribution in [3.63, 3.8) is 0 Å². The van der Waals surface area contributed by atoms with Crippen LogP contribution in [0.1, 0.15) is 51.9 Å². The highest BCUT2D eigenvalue weighted by Crippen LogP contribution is 2.37. The van der Waals surface area contributed by atoms with Crippen molar-refractivity contribution in [2.24, 2.45) is 17.8 Å². The summed E-state index contributed by atoms with van der Waals surface area (Å²) in [4.78, 5) is 0. The Bertz CT molecular complexity index is 243. The van der Waals surface area contributed by atoms with Crippen molar-refractivity contribution in [3.8, 4) is 0 Å². The molecule has 2 nitrogen and oxygen atoms in total. The summed E-state index contributed by atoms with van der Waals surface area (Å²) in [6, 6.07) is 1.64. The minimum Gasteiger partial charge on any atom is -0.314 e. The quantitative estimate of drug-likeness (QED) is 0.766. The highest BCUT2D eigenvalue weighted by atomic mass is 15.0. The van der Waals surface area contributed by atoms with Crippen molar-refractivity contribution < 1.29 is 0 Å². The number of nitrogens with one attached hydrogen (secondary N) is 2. The Morgan fingerprint density at radius 1 is 1.12 bits per heavy atom. The molecular weight excluding hydrogens is 208 g/mol. The van der Waals surface area contributed by atoms with Crippen LogP contribution in [-0.4, -0.2) is 25.2 Å². The molecule has 2 N–H and O–H groups in total. The van der Waals surface area contributed by atoms with Gasteiger partial charge in [0.1, 0.15) is 0 Å². The van der Waals surface area contributed by atoms with Crippen LogP contribution in [0.2, 0.25) is 0 Å². The van der Waals surface area contributed by atoms with E-state index in [1.807, 2.05) is 0 Å². The molecule has 0 aromatic heterocycles. The van der Waals surface area contributed by atoms with Gasteiger partial charge in [-0.1, -0.05) is 13.3 Å². The lowest BCUT2D eigenvalue weighted by Gasteiger charge is -2.27. The largest absolute Gasteiger partial charge is 0.314 e. The summed E-state index contributed by atoms with van der Waals surface area (Å²) in [5.41, 5.74) is 0. The van der Waals surface area contributed by atoms with Gasteiger partial charge in [-0.2, -0.15) is 0 Å². The molecule has 3 aliphatic rings. The Morgan fingerprint density at radius 3 is 2.71 bits per heavy atom. The van der Waals surface area contributed by atoms with Gasteiger partial charge in [0, 0.05) is 12.1 Å². The van der Waals surface area contributed by atoms with Crippen LogP contribution in [0.3, 0.4) is 0 Å². The molecule has 0 amide bonds. The van der Waals surface area contributed by atoms with Gasteiger partial charge in [-0.05, 0) is 69.4 Å². The molecule has 2 aliphatic carbocycles. The van der Waals surface area contributed by atoms with Gasteiger partial charge in [-0.3, -0.25) is 0 Å². The fourth-order valence-corrected chi connectivity index (χ4v) is 3.97. The highest BCUT2D eigenvalue weighted by molar-refractivity contribution is 4.93. The van der Waals surface area contributed by atoms with Crippen molar-refractivity contribution >= 4 is 0 Å². The Kier molecular flexibility index (Phi) is 3.72. The van der Waals surface area contributed by atoms with E-state index >= 15 is 0 Å². The van der Waals surface area contributed by atoms with Crippen molar-refractivity contribution in [2.45, 2.75) is 64.0 Å². The Balaban J connectivity index is 1.47. The molecule has 2 saturated carbocycles. The van der Waals surface area contributed by atoms with E-state index in [0.717, 1.165) is 29.8 Å². The minimum absolute atomic E-state index is 0.812. The maximum atomic E-state index is 3.89. The Hall–Kier alpha value is -0.0800. The zero-order valence-electron chi connectivity index (χ0n) is 11.3. The van der Waals surface area contributed by atoms with E-state index in [4.69, 9.17) is 0 Å². The molecule has 2 heteroatoms. The van der Waals surface area contributed by atoms with Gasteiger partial charge in [0.25, 0.3) is 0 Å². The minimum atomic E-state index is 0.812. The molecule has 1 heterocycles. The van der Waals surface area contributed by atoms with E-state index in [0.29, 0.717) is 0 Å². The molecule has 17 heavy (non-hydrogen) atoms.